The third-order valence-corrected chi connectivity index (χ3v) is 3.94. The molecule has 0 saturated heterocycles. The molecule has 3 rings (SSSR count). The first-order valence-electron chi connectivity index (χ1n) is 6.37. The maximum atomic E-state index is 6.36. The van der Waals surface area contributed by atoms with E-state index in [0.29, 0.717) is 5.02 Å². The number of nitrogens with zero attached hydrogens (tertiary/aromatic N) is 4. The predicted molar refractivity (Wildman–Crippen MR) is 83.7 cm³/mol. The van der Waals surface area contributed by atoms with E-state index in [1.54, 1.807) is 17.9 Å². The lowest BCUT2D eigenvalue weighted by molar-refractivity contribution is 0.414. The number of fused-ring (bicyclic) bond motifs is 1. The van der Waals surface area contributed by atoms with E-state index < -0.39 is 0 Å². The molecule has 2 heterocycles. The number of alkyl halides is 1. The van der Waals surface area contributed by atoms with Crippen molar-refractivity contribution in [2.75, 3.05) is 7.11 Å². The van der Waals surface area contributed by atoms with Crippen LogP contribution in [0.5, 0.6) is 5.75 Å². The Morgan fingerprint density at radius 3 is 2.76 bits per heavy atom. The normalized spacial score (nSPS) is 11.3. The molecule has 0 N–H and O–H groups in total. The molecule has 21 heavy (non-hydrogen) atoms. The van der Waals surface area contributed by atoms with Crippen LogP contribution in [0.3, 0.4) is 0 Å². The molecule has 0 aliphatic heterocycles. The monoisotopic (exact) mass is 324 g/mol. The van der Waals surface area contributed by atoms with E-state index in [2.05, 4.69) is 10.1 Å². The van der Waals surface area contributed by atoms with Crippen molar-refractivity contribution >= 4 is 34.4 Å². The average molecular weight is 325 g/mol. The Morgan fingerprint density at radius 2 is 2.10 bits per heavy atom. The highest BCUT2D eigenvalue weighted by molar-refractivity contribution is 6.32. The lowest BCUT2D eigenvalue weighted by Crippen LogP contribution is -2.05. The van der Waals surface area contributed by atoms with Crippen LogP contribution in [0.15, 0.2) is 18.2 Å². The van der Waals surface area contributed by atoms with Crippen molar-refractivity contribution in [2.45, 2.75) is 12.8 Å². The minimum absolute atomic E-state index is 0.279. The number of benzene rings is 1. The molecule has 3 aromatic rings. The van der Waals surface area contributed by atoms with Crippen LogP contribution in [-0.4, -0.2) is 26.4 Å². The first-order chi connectivity index (χ1) is 10.1. The number of halogens is 2. The summed E-state index contributed by atoms with van der Waals surface area (Å²) >= 11 is 12.4. The van der Waals surface area contributed by atoms with Crippen LogP contribution in [0.1, 0.15) is 11.5 Å². The molecule has 0 saturated carbocycles. The number of rotatable bonds is 3. The summed E-state index contributed by atoms with van der Waals surface area (Å²) in [6.07, 6.45) is 0. The van der Waals surface area contributed by atoms with Gasteiger partial charge in [0, 0.05) is 13.1 Å². The van der Waals surface area contributed by atoms with Gasteiger partial charge in [0.1, 0.15) is 17.1 Å². The third kappa shape index (κ3) is 2.17. The summed E-state index contributed by atoms with van der Waals surface area (Å²) in [7, 11) is 3.49. The maximum absolute atomic E-state index is 6.36. The molecule has 0 unspecified atom stereocenters. The van der Waals surface area contributed by atoms with Gasteiger partial charge >= 0.3 is 0 Å². The Bertz CT molecular complexity index is 822. The van der Waals surface area contributed by atoms with Crippen molar-refractivity contribution in [3.05, 3.63) is 34.7 Å². The molecule has 0 aliphatic rings. The van der Waals surface area contributed by atoms with E-state index in [1.807, 2.05) is 30.7 Å². The molecular weight excluding hydrogens is 311 g/mol. The van der Waals surface area contributed by atoms with E-state index in [-0.39, 0.29) is 5.88 Å². The summed E-state index contributed by atoms with van der Waals surface area (Å²) in [4.78, 5) is 4.57. The van der Waals surface area contributed by atoms with Gasteiger partial charge in [-0.3, -0.25) is 4.57 Å². The number of hydrogen-bond acceptors (Lipinski definition) is 3. The zero-order valence-electron chi connectivity index (χ0n) is 11.9. The zero-order chi connectivity index (χ0) is 15.1. The van der Waals surface area contributed by atoms with Gasteiger partial charge in [-0.15, -0.1) is 11.6 Å². The highest BCUT2D eigenvalue weighted by Crippen LogP contribution is 2.31. The molecule has 0 atom stereocenters. The van der Waals surface area contributed by atoms with Gasteiger partial charge in [0.2, 0.25) is 0 Å². The van der Waals surface area contributed by atoms with Gasteiger partial charge < -0.3 is 4.74 Å². The highest BCUT2D eigenvalue weighted by Gasteiger charge is 2.20. The number of aryl methyl sites for hydroxylation is 2. The molecule has 1 aromatic carbocycles. The summed E-state index contributed by atoms with van der Waals surface area (Å²) < 4.78 is 8.99. The van der Waals surface area contributed by atoms with Crippen LogP contribution in [0.25, 0.3) is 16.9 Å². The lowest BCUT2D eigenvalue weighted by Gasteiger charge is -2.11. The van der Waals surface area contributed by atoms with Gasteiger partial charge in [-0.05, 0) is 19.1 Å². The van der Waals surface area contributed by atoms with Gasteiger partial charge in [0.25, 0.3) is 0 Å². The molecule has 0 fully saturated rings. The van der Waals surface area contributed by atoms with Gasteiger partial charge in [-0.2, -0.15) is 5.10 Å². The number of methoxy groups -OCH3 is 1. The first kappa shape index (κ1) is 14.2. The summed E-state index contributed by atoms with van der Waals surface area (Å²) in [5, 5.41) is 5.00. The fraction of sp³-hybridized carbons (Fsp3) is 0.286. The van der Waals surface area contributed by atoms with E-state index >= 15 is 0 Å². The first-order valence-corrected chi connectivity index (χ1v) is 7.29. The average Bonchev–Trinajstić information content (AvgIpc) is 2.98. The minimum Gasteiger partial charge on any atom is -0.497 e. The summed E-state index contributed by atoms with van der Waals surface area (Å²) in [6, 6.07) is 5.47. The SMILES string of the molecule is COc1ccc(Cl)c(-n2c(CCl)nc3c(C)nn(C)c32)c1. The molecule has 0 radical (unpaired) electrons. The van der Waals surface area contributed by atoms with Crippen molar-refractivity contribution in [1.82, 2.24) is 19.3 Å². The lowest BCUT2D eigenvalue weighted by atomic mass is 10.3. The van der Waals surface area contributed by atoms with Crippen LogP contribution in [0.2, 0.25) is 5.02 Å². The summed E-state index contributed by atoms with van der Waals surface area (Å²) in [5.41, 5.74) is 3.32. The summed E-state index contributed by atoms with van der Waals surface area (Å²) in [5.74, 6) is 1.72. The number of imidazole rings is 1. The second-order valence-corrected chi connectivity index (χ2v) is 5.37. The van der Waals surface area contributed by atoms with Crippen LogP contribution in [-0.2, 0) is 12.9 Å². The van der Waals surface area contributed by atoms with Crippen LogP contribution in [0, 0.1) is 6.92 Å². The summed E-state index contributed by atoms with van der Waals surface area (Å²) in [6.45, 7) is 1.92. The van der Waals surface area contributed by atoms with Gasteiger partial charge in [-0.1, -0.05) is 11.6 Å². The Balaban J connectivity index is 2.38. The molecule has 0 bridgehead atoms. The minimum atomic E-state index is 0.279. The second-order valence-electron chi connectivity index (χ2n) is 4.70. The van der Waals surface area contributed by atoms with E-state index in [9.17, 15) is 0 Å². The second kappa shape index (κ2) is 5.24. The number of aromatic nitrogens is 4. The maximum Gasteiger partial charge on any atom is 0.163 e. The molecule has 0 aliphatic carbocycles. The fourth-order valence-electron chi connectivity index (χ4n) is 2.45. The molecule has 0 spiro atoms. The predicted octanol–water partition coefficient (Wildman–Crippen LogP) is 3.47. The Labute approximate surface area is 132 Å². The van der Waals surface area contributed by atoms with Crippen molar-refractivity contribution in [3.63, 3.8) is 0 Å². The molecule has 7 heteroatoms. The molecular formula is C14H14Cl2N4O. The van der Waals surface area contributed by atoms with E-state index in [4.69, 9.17) is 27.9 Å². The van der Waals surface area contributed by atoms with Gasteiger partial charge in [0.15, 0.2) is 5.65 Å². The molecule has 110 valence electrons. The largest absolute Gasteiger partial charge is 0.497 e. The van der Waals surface area contributed by atoms with Gasteiger partial charge in [-0.25, -0.2) is 9.67 Å². The number of hydrogen-bond donors (Lipinski definition) is 0. The topological polar surface area (TPSA) is 44.9 Å². The fourth-order valence-corrected chi connectivity index (χ4v) is 2.83. The molecule has 5 nitrogen and oxygen atoms in total. The Kier molecular flexibility index (Phi) is 3.55. The smallest absolute Gasteiger partial charge is 0.163 e. The van der Waals surface area contributed by atoms with Crippen molar-refractivity contribution in [1.29, 1.82) is 0 Å². The zero-order valence-corrected chi connectivity index (χ0v) is 13.4. The Morgan fingerprint density at radius 1 is 1.33 bits per heavy atom. The quantitative estimate of drug-likeness (QED) is 0.693. The van der Waals surface area contributed by atoms with Crippen LogP contribution in [0.4, 0.5) is 0 Å². The standard InChI is InChI=1S/C14H14Cl2N4O/c1-8-13-14(19(2)18-8)20(12(7-15)17-13)11-6-9(21-3)4-5-10(11)16/h4-6H,7H2,1-3H3. The third-order valence-electron chi connectivity index (χ3n) is 3.39. The van der Waals surface area contributed by atoms with Crippen molar-refractivity contribution < 1.29 is 4.74 Å². The van der Waals surface area contributed by atoms with Gasteiger partial charge in [0.05, 0.1) is 29.4 Å². The number of ether oxygens (including phenoxy) is 1. The van der Waals surface area contributed by atoms with Crippen molar-refractivity contribution in [2.24, 2.45) is 7.05 Å². The van der Waals surface area contributed by atoms with E-state index in [1.165, 1.54) is 0 Å². The van der Waals surface area contributed by atoms with Crippen LogP contribution >= 0.6 is 23.2 Å². The Hall–Kier alpha value is -1.72. The van der Waals surface area contributed by atoms with E-state index in [0.717, 1.165) is 34.1 Å². The van der Waals surface area contributed by atoms with Crippen LogP contribution < -0.4 is 4.74 Å². The van der Waals surface area contributed by atoms with Crippen molar-refractivity contribution in [3.8, 4) is 11.4 Å². The molecule has 2 aromatic heterocycles. The highest BCUT2D eigenvalue weighted by atomic mass is 35.5. The molecule has 0 amide bonds.